The average molecular weight is 479 g/mol. The summed E-state index contributed by atoms with van der Waals surface area (Å²) in [6.45, 7) is 3.80. The molecular formula is C24H24N5O4S-. The number of fused-ring (bicyclic) bond motifs is 1. The summed E-state index contributed by atoms with van der Waals surface area (Å²) >= 11 is -2.32. The number of hydrogen-bond acceptors (Lipinski definition) is 7. The highest BCUT2D eigenvalue weighted by molar-refractivity contribution is 7.77. The Bertz CT molecular complexity index is 1200. The lowest BCUT2D eigenvalue weighted by Gasteiger charge is -2.29. The summed E-state index contributed by atoms with van der Waals surface area (Å²) in [6, 6.07) is 17.2. The number of amides is 1. The molecule has 1 atom stereocenters. The van der Waals surface area contributed by atoms with E-state index in [1.165, 1.54) is 0 Å². The Morgan fingerprint density at radius 1 is 1.00 bits per heavy atom. The summed E-state index contributed by atoms with van der Waals surface area (Å²) < 4.78 is 29.4. The van der Waals surface area contributed by atoms with Crippen molar-refractivity contribution in [1.82, 2.24) is 19.6 Å². The lowest BCUT2D eigenvalue weighted by Crippen LogP contribution is -2.37. The Morgan fingerprint density at radius 3 is 2.44 bits per heavy atom. The van der Waals surface area contributed by atoms with E-state index in [-0.39, 0.29) is 12.5 Å². The summed E-state index contributed by atoms with van der Waals surface area (Å²) in [5.41, 5.74) is 3.93. The van der Waals surface area contributed by atoms with Gasteiger partial charge in [-0.25, -0.2) is 14.7 Å². The zero-order chi connectivity index (χ0) is 23.5. The predicted octanol–water partition coefficient (Wildman–Crippen LogP) is 2.02. The van der Waals surface area contributed by atoms with Gasteiger partial charge < -0.3 is 19.1 Å². The van der Waals surface area contributed by atoms with Crippen molar-refractivity contribution in [3.05, 3.63) is 77.0 Å². The first-order chi connectivity index (χ1) is 16.6. The summed E-state index contributed by atoms with van der Waals surface area (Å²) in [4.78, 5) is 26.9. The van der Waals surface area contributed by atoms with Crippen LogP contribution in [0.25, 0.3) is 11.4 Å². The summed E-state index contributed by atoms with van der Waals surface area (Å²) in [5.74, 6) is 1.15. The maximum Gasteiger partial charge on any atom is 0.273 e. The van der Waals surface area contributed by atoms with Gasteiger partial charge >= 0.3 is 0 Å². The van der Waals surface area contributed by atoms with Crippen LogP contribution in [0.2, 0.25) is 0 Å². The molecule has 3 heterocycles. The highest BCUT2D eigenvalue weighted by Crippen LogP contribution is 2.33. The molecular weight excluding hydrogens is 454 g/mol. The molecule has 1 N–H and O–H groups in total. The smallest absolute Gasteiger partial charge is 0.273 e. The summed E-state index contributed by atoms with van der Waals surface area (Å²) in [6.07, 6.45) is 0. The van der Waals surface area contributed by atoms with Crippen molar-refractivity contribution in [3.8, 4) is 11.4 Å². The van der Waals surface area contributed by atoms with E-state index in [0.29, 0.717) is 50.9 Å². The van der Waals surface area contributed by atoms with Gasteiger partial charge in [-0.05, 0) is 11.1 Å². The minimum atomic E-state index is -2.32. The van der Waals surface area contributed by atoms with Crippen molar-refractivity contribution in [2.45, 2.75) is 19.6 Å². The molecule has 1 fully saturated rings. The van der Waals surface area contributed by atoms with Crippen LogP contribution in [0, 0.1) is 0 Å². The molecule has 34 heavy (non-hydrogen) atoms. The fourth-order valence-electron chi connectivity index (χ4n) is 4.22. The van der Waals surface area contributed by atoms with Crippen molar-refractivity contribution in [1.29, 1.82) is 0 Å². The van der Waals surface area contributed by atoms with Crippen molar-refractivity contribution in [2.75, 3.05) is 31.2 Å². The maximum absolute atomic E-state index is 13.3. The van der Waals surface area contributed by atoms with Crippen molar-refractivity contribution >= 4 is 23.0 Å². The van der Waals surface area contributed by atoms with Gasteiger partial charge in [-0.3, -0.25) is 9.00 Å². The van der Waals surface area contributed by atoms with E-state index in [0.717, 1.165) is 28.1 Å². The van der Waals surface area contributed by atoms with Gasteiger partial charge in [0.2, 0.25) is 0 Å². The quantitative estimate of drug-likeness (QED) is 0.517. The largest absolute Gasteiger partial charge is 0.760 e. The van der Waals surface area contributed by atoms with E-state index in [1.807, 2.05) is 54.6 Å². The zero-order valence-corrected chi connectivity index (χ0v) is 19.3. The topological polar surface area (TPSA) is 111 Å². The lowest BCUT2D eigenvalue weighted by molar-refractivity contribution is 0.0762. The summed E-state index contributed by atoms with van der Waals surface area (Å²) in [5, 5.41) is 0. The van der Waals surface area contributed by atoms with Crippen LogP contribution in [-0.2, 0) is 35.6 Å². The molecule has 176 valence electrons. The number of carbonyl (C=O) groups is 1. The maximum atomic E-state index is 13.3. The highest BCUT2D eigenvalue weighted by atomic mass is 32.2. The van der Waals surface area contributed by atoms with E-state index in [4.69, 9.17) is 9.72 Å². The van der Waals surface area contributed by atoms with E-state index in [1.54, 1.807) is 4.90 Å². The van der Waals surface area contributed by atoms with Crippen LogP contribution in [0.5, 0.6) is 0 Å². The number of nitrogens with zero attached hydrogens (tertiary/aromatic N) is 4. The predicted molar refractivity (Wildman–Crippen MR) is 126 cm³/mol. The molecule has 5 rings (SSSR count). The third-order valence-corrected chi connectivity index (χ3v) is 6.34. The minimum absolute atomic E-state index is 0.101. The van der Waals surface area contributed by atoms with Gasteiger partial charge in [0, 0.05) is 48.6 Å². The van der Waals surface area contributed by atoms with Crippen LogP contribution < -0.4 is 9.62 Å². The number of benzene rings is 2. The normalized spacial score (nSPS) is 16.6. The first-order valence-corrected chi connectivity index (χ1v) is 12.1. The second-order valence-electron chi connectivity index (χ2n) is 8.20. The number of anilines is 1. The van der Waals surface area contributed by atoms with Crippen molar-refractivity contribution in [2.24, 2.45) is 0 Å². The van der Waals surface area contributed by atoms with Crippen LogP contribution in [0.4, 0.5) is 5.82 Å². The molecule has 1 unspecified atom stereocenters. The van der Waals surface area contributed by atoms with Gasteiger partial charge in [0.15, 0.2) is 5.82 Å². The van der Waals surface area contributed by atoms with Crippen LogP contribution in [0.1, 0.15) is 27.2 Å². The van der Waals surface area contributed by atoms with Gasteiger partial charge in [-0.1, -0.05) is 54.6 Å². The number of aromatic nitrogens is 2. The highest BCUT2D eigenvalue weighted by Gasteiger charge is 2.34. The van der Waals surface area contributed by atoms with Crippen molar-refractivity contribution < 1.29 is 18.3 Å². The summed E-state index contributed by atoms with van der Waals surface area (Å²) in [7, 11) is 0. The van der Waals surface area contributed by atoms with E-state index >= 15 is 0 Å². The monoisotopic (exact) mass is 478 g/mol. The molecule has 2 aliphatic heterocycles. The molecule has 0 radical (unpaired) electrons. The Labute approximate surface area is 200 Å². The molecule has 3 aromatic rings. The minimum Gasteiger partial charge on any atom is -0.760 e. The number of ether oxygens (including phenoxy) is 1. The Kier molecular flexibility index (Phi) is 6.63. The third-order valence-electron chi connectivity index (χ3n) is 5.96. The number of nitrogens with one attached hydrogen (secondary N) is 1. The van der Waals surface area contributed by atoms with E-state index in [2.05, 4.69) is 14.6 Å². The SMILES string of the molecule is O=C1c2nc(-c3ccc(CNS(=O)[O-])cc3)nc(N3CCOCC3)c2CN1Cc1ccccc1. The number of morpholine rings is 1. The molecule has 2 aliphatic rings. The number of rotatable bonds is 7. The number of hydrogen-bond donors (Lipinski definition) is 1. The van der Waals surface area contributed by atoms with E-state index < -0.39 is 11.3 Å². The van der Waals surface area contributed by atoms with Gasteiger partial charge in [-0.2, -0.15) is 0 Å². The van der Waals surface area contributed by atoms with Crippen LogP contribution >= 0.6 is 0 Å². The number of carbonyl (C=O) groups excluding carboxylic acids is 1. The molecule has 0 saturated carbocycles. The van der Waals surface area contributed by atoms with Crippen LogP contribution in [0.3, 0.4) is 0 Å². The molecule has 1 aromatic heterocycles. The van der Waals surface area contributed by atoms with Gasteiger partial charge in [-0.15, -0.1) is 0 Å². The van der Waals surface area contributed by atoms with Gasteiger partial charge in [0.25, 0.3) is 5.91 Å². The van der Waals surface area contributed by atoms with Crippen LogP contribution in [0.15, 0.2) is 54.6 Å². The molecule has 9 nitrogen and oxygen atoms in total. The molecule has 2 aromatic carbocycles. The van der Waals surface area contributed by atoms with Crippen LogP contribution in [-0.4, -0.2) is 55.8 Å². The van der Waals surface area contributed by atoms with Gasteiger partial charge in [0.1, 0.15) is 11.5 Å². The second-order valence-corrected chi connectivity index (χ2v) is 8.96. The molecule has 0 spiro atoms. The Morgan fingerprint density at radius 2 is 1.74 bits per heavy atom. The third kappa shape index (κ3) is 4.85. The standard InChI is InChI=1S/C24H25N5O4S/c30-24-21-20(16-29(24)15-18-4-2-1-3-5-18)23(28-10-12-33-13-11-28)27-22(26-21)19-8-6-17(7-9-19)14-25-34(31)32/h1-9,25H,10-16H2,(H,31,32)/p-1. The molecule has 1 saturated heterocycles. The average Bonchev–Trinajstić information content (AvgIpc) is 3.18. The molecule has 10 heteroatoms. The molecule has 0 aliphatic carbocycles. The molecule has 0 bridgehead atoms. The lowest BCUT2D eigenvalue weighted by atomic mass is 10.1. The second kappa shape index (κ2) is 9.98. The Hall–Kier alpha value is -3.18. The first-order valence-electron chi connectivity index (χ1n) is 11.1. The zero-order valence-electron chi connectivity index (χ0n) is 18.5. The van der Waals surface area contributed by atoms with E-state index in [9.17, 15) is 13.6 Å². The van der Waals surface area contributed by atoms with Gasteiger partial charge in [0.05, 0.1) is 19.8 Å². The first kappa shape index (κ1) is 22.6. The fourth-order valence-corrected chi connectivity index (χ4v) is 4.50. The fraction of sp³-hybridized carbons (Fsp3) is 0.292. The Balaban J connectivity index is 1.48. The van der Waals surface area contributed by atoms with Crippen molar-refractivity contribution in [3.63, 3.8) is 0 Å². The molecule has 1 amide bonds.